The lowest BCUT2D eigenvalue weighted by Crippen LogP contribution is -2.30. The summed E-state index contributed by atoms with van der Waals surface area (Å²) in [7, 11) is 0. The lowest BCUT2D eigenvalue weighted by molar-refractivity contribution is -0.130. The number of amides is 1. The maximum absolute atomic E-state index is 13.3. The third-order valence-corrected chi connectivity index (χ3v) is 3.60. The number of benzene rings is 1. The molecule has 0 aliphatic carbocycles. The molecule has 1 saturated heterocycles. The van der Waals surface area contributed by atoms with Gasteiger partial charge in [0, 0.05) is 6.54 Å². The zero-order valence-electron chi connectivity index (χ0n) is 11.5. The Bertz CT molecular complexity index is 450. The van der Waals surface area contributed by atoms with Gasteiger partial charge in [-0.15, -0.1) is 0 Å². The van der Waals surface area contributed by atoms with Gasteiger partial charge in [0.25, 0.3) is 0 Å². The highest BCUT2D eigenvalue weighted by molar-refractivity contribution is 5.84. The summed E-state index contributed by atoms with van der Waals surface area (Å²) in [5, 5.41) is 3.33. The maximum Gasteiger partial charge on any atom is 0.241 e. The lowest BCUT2D eigenvalue weighted by Gasteiger charge is -2.22. The molecule has 2 rings (SSSR count). The molecular formula is C15H21FN2O. The molecule has 0 radical (unpaired) electrons. The third-order valence-electron chi connectivity index (χ3n) is 3.60. The number of carbonyl (C=O) groups excluding carboxylic acids is 1. The van der Waals surface area contributed by atoms with E-state index in [4.69, 9.17) is 0 Å². The van der Waals surface area contributed by atoms with Crippen molar-refractivity contribution in [3.63, 3.8) is 0 Å². The quantitative estimate of drug-likeness (QED) is 0.887. The number of hydrogen-bond acceptors (Lipinski definition) is 2. The van der Waals surface area contributed by atoms with Crippen molar-refractivity contribution in [2.24, 2.45) is 0 Å². The fourth-order valence-electron chi connectivity index (χ4n) is 2.59. The molecule has 1 aromatic rings. The first-order valence-corrected chi connectivity index (χ1v) is 6.99. The van der Waals surface area contributed by atoms with Crippen molar-refractivity contribution in [3.8, 4) is 0 Å². The van der Waals surface area contributed by atoms with Crippen molar-refractivity contribution in [2.45, 2.75) is 45.3 Å². The zero-order valence-corrected chi connectivity index (χ0v) is 11.5. The van der Waals surface area contributed by atoms with Crippen LogP contribution in [0.5, 0.6) is 0 Å². The molecule has 2 atom stereocenters. The van der Waals surface area contributed by atoms with E-state index >= 15 is 0 Å². The van der Waals surface area contributed by atoms with Crippen molar-refractivity contribution in [2.75, 3.05) is 6.54 Å². The van der Waals surface area contributed by atoms with E-state index in [1.54, 1.807) is 11.0 Å². The van der Waals surface area contributed by atoms with E-state index in [1.165, 1.54) is 12.1 Å². The summed E-state index contributed by atoms with van der Waals surface area (Å²) in [5.74, 6) is -0.134. The van der Waals surface area contributed by atoms with Crippen molar-refractivity contribution < 1.29 is 9.18 Å². The minimum atomic E-state index is -0.264. The van der Waals surface area contributed by atoms with Gasteiger partial charge in [0.05, 0.1) is 6.04 Å². The number of halogens is 1. The standard InChI is InChI=1S/C15H21FN2O/c1-3-5-9-13-15(19)18(4-2)14(17-13)11-7-6-8-12(16)10-11/h6-8,10,13-14,17H,3-5,9H2,1-2H3. The van der Waals surface area contributed by atoms with Gasteiger partial charge in [0.2, 0.25) is 5.91 Å². The van der Waals surface area contributed by atoms with Gasteiger partial charge in [-0.05, 0) is 31.0 Å². The summed E-state index contributed by atoms with van der Waals surface area (Å²) >= 11 is 0. The van der Waals surface area contributed by atoms with Gasteiger partial charge in [-0.2, -0.15) is 0 Å². The summed E-state index contributed by atoms with van der Waals surface area (Å²) < 4.78 is 13.3. The van der Waals surface area contributed by atoms with E-state index < -0.39 is 0 Å². The predicted octanol–water partition coefficient (Wildman–Crippen LogP) is 2.83. The Balaban J connectivity index is 2.18. The number of nitrogens with one attached hydrogen (secondary N) is 1. The Morgan fingerprint density at radius 2 is 2.16 bits per heavy atom. The number of rotatable bonds is 5. The molecule has 1 aromatic carbocycles. The molecule has 0 saturated carbocycles. The molecule has 0 aromatic heterocycles. The van der Waals surface area contributed by atoms with Crippen LogP contribution in [0.25, 0.3) is 0 Å². The van der Waals surface area contributed by atoms with E-state index in [-0.39, 0.29) is 23.9 Å². The summed E-state index contributed by atoms with van der Waals surface area (Å²) in [4.78, 5) is 14.1. The average molecular weight is 264 g/mol. The van der Waals surface area contributed by atoms with Crippen LogP contribution in [-0.4, -0.2) is 23.4 Å². The second-order valence-electron chi connectivity index (χ2n) is 4.94. The fourth-order valence-corrected chi connectivity index (χ4v) is 2.59. The van der Waals surface area contributed by atoms with Crippen LogP contribution in [0.1, 0.15) is 44.8 Å². The second-order valence-corrected chi connectivity index (χ2v) is 4.94. The van der Waals surface area contributed by atoms with Gasteiger partial charge in [-0.3, -0.25) is 10.1 Å². The van der Waals surface area contributed by atoms with Crippen LogP contribution >= 0.6 is 0 Å². The topological polar surface area (TPSA) is 32.3 Å². The van der Waals surface area contributed by atoms with Crippen molar-refractivity contribution in [3.05, 3.63) is 35.6 Å². The first-order valence-electron chi connectivity index (χ1n) is 6.99. The van der Waals surface area contributed by atoms with Crippen molar-refractivity contribution >= 4 is 5.91 Å². The number of carbonyl (C=O) groups is 1. The Labute approximate surface area is 113 Å². The van der Waals surface area contributed by atoms with Gasteiger partial charge in [-0.1, -0.05) is 31.9 Å². The van der Waals surface area contributed by atoms with Gasteiger partial charge in [0.15, 0.2) is 0 Å². The van der Waals surface area contributed by atoms with Crippen molar-refractivity contribution in [1.29, 1.82) is 0 Å². The van der Waals surface area contributed by atoms with Crippen LogP contribution in [0.4, 0.5) is 4.39 Å². The SMILES string of the molecule is CCCCC1NC(c2cccc(F)c2)N(CC)C1=O. The Hall–Kier alpha value is -1.42. The second kappa shape index (κ2) is 6.15. The molecule has 0 bridgehead atoms. The average Bonchev–Trinajstić information content (AvgIpc) is 2.73. The van der Waals surface area contributed by atoms with Gasteiger partial charge in [-0.25, -0.2) is 4.39 Å². The lowest BCUT2D eigenvalue weighted by atomic mass is 10.1. The minimum absolute atomic E-state index is 0.130. The largest absolute Gasteiger partial charge is 0.322 e. The van der Waals surface area contributed by atoms with Crippen LogP contribution in [0, 0.1) is 5.82 Å². The summed E-state index contributed by atoms with van der Waals surface area (Å²) in [6.07, 6.45) is 2.74. The summed E-state index contributed by atoms with van der Waals surface area (Å²) in [5.41, 5.74) is 0.814. The smallest absolute Gasteiger partial charge is 0.241 e. The Kier molecular flexibility index (Phi) is 4.53. The molecule has 2 unspecified atom stereocenters. The molecule has 19 heavy (non-hydrogen) atoms. The van der Waals surface area contributed by atoms with E-state index in [1.807, 2.05) is 13.0 Å². The summed E-state index contributed by atoms with van der Waals surface area (Å²) in [6.45, 7) is 4.70. The molecule has 1 fully saturated rings. The molecule has 1 aliphatic heterocycles. The highest BCUT2D eigenvalue weighted by atomic mass is 19.1. The maximum atomic E-state index is 13.3. The fraction of sp³-hybridized carbons (Fsp3) is 0.533. The normalized spacial score (nSPS) is 23.1. The van der Waals surface area contributed by atoms with Gasteiger partial charge < -0.3 is 4.90 Å². The van der Waals surface area contributed by atoms with E-state index in [0.29, 0.717) is 6.54 Å². The van der Waals surface area contributed by atoms with Gasteiger partial charge >= 0.3 is 0 Å². The van der Waals surface area contributed by atoms with Crippen LogP contribution in [0.15, 0.2) is 24.3 Å². The Morgan fingerprint density at radius 1 is 1.37 bits per heavy atom. The molecule has 3 nitrogen and oxygen atoms in total. The molecule has 1 heterocycles. The molecular weight excluding hydrogens is 243 g/mol. The molecule has 0 spiro atoms. The Morgan fingerprint density at radius 3 is 2.79 bits per heavy atom. The zero-order chi connectivity index (χ0) is 13.8. The number of hydrogen-bond donors (Lipinski definition) is 1. The van der Waals surface area contributed by atoms with Gasteiger partial charge in [0.1, 0.15) is 12.0 Å². The number of nitrogens with zero attached hydrogens (tertiary/aromatic N) is 1. The summed E-state index contributed by atoms with van der Waals surface area (Å²) in [6, 6.07) is 6.33. The monoisotopic (exact) mass is 264 g/mol. The number of likely N-dealkylation sites (N-methyl/N-ethyl adjacent to an activating group) is 1. The molecule has 1 amide bonds. The first-order chi connectivity index (χ1) is 9.17. The highest BCUT2D eigenvalue weighted by Gasteiger charge is 2.38. The van der Waals surface area contributed by atoms with Crippen LogP contribution in [0.2, 0.25) is 0 Å². The molecule has 4 heteroatoms. The van der Waals surface area contributed by atoms with E-state index in [9.17, 15) is 9.18 Å². The predicted molar refractivity (Wildman–Crippen MR) is 73.0 cm³/mol. The van der Waals surface area contributed by atoms with Crippen LogP contribution in [0.3, 0.4) is 0 Å². The first kappa shape index (κ1) is 14.0. The molecule has 1 N–H and O–H groups in total. The molecule has 1 aliphatic rings. The number of unbranched alkanes of at least 4 members (excludes halogenated alkanes) is 1. The van der Waals surface area contributed by atoms with Crippen LogP contribution in [-0.2, 0) is 4.79 Å². The van der Waals surface area contributed by atoms with E-state index in [0.717, 1.165) is 24.8 Å². The van der Waals surface area contributed by atoms with E-state index in [2.05, 4.69) is 12.2 Å². The highest BCUT2D eigenvalue weighted by Crippen LogP contribution is 2.27. The third kappa shape index (κ3) is 2.95. The molecule has 104 valence electrons. The minimum Gasteiger partial charge on any atom is -0.322 e. The van der Waals surface area contributed by atoms with Crippen LogP contribution < -0.4 is 5.32 Å². The van der Waals surface area contributed by atoms with Crippen molar-refractivity contribution in [1.82, 2.24) is 10.2 Å².